The molecule has 0 aliphatic heterocycles. The lowest BCUT2D eigenvalue weighted by Crippen LogP contribution is -2.12. The maximum Gasteiger partial charge on any atom is 0.273 e. The lowest BCUT2D eigenvalue weighted by Gasteiger charge is -2.02. The number of benzene rings is 2. The summed E-state index contributed by atoms with van der Waals surface area (Å²) in [5, 5.41) is 22.7. The topological polar surface area (TPSA) is 98.0 Å². The van der Waals surface area contributed by atoms with E-state index in [1.54, 1.807) is 19.1 Å². The molecule has 1 N–H and O–H groups in total. The number of nitrogens with one attached hydrogen (secondary N) is 1. The first-order valence-electron chi connectivity index (χ1n) is 7.41. The molecular weight excluding hydrogens is 340 g/mol. The van der Waals surface area contributed by atoms with Crippen LogP contribution >= 0.6 is 11.3 Å². The number of amides is 1. The summed E-state index contributed by atoms with van der Waals surface area (Å²) in [6, 6.07) is 12.2. The second-order valence-electron chi connectivity index (χ2n) is 5.49. The van der Waals surface area contributed by atoms with E-state index in [1.165, 1.54) is 17.4 Å². The molecule has 0 saturated carbocycles. The van der Waals surface area contributed by atoms with Crippen molar-refractivity contribution in [1.82, 2.24) is 10.2 Å². The SMILES string of the molecule is Cc1ccc(-c2nnc(NC(=O)c3ccc(C)c([N+](=O)[O-])c3)s2)cc1. The van der Waals surface area contributed by atoms with Crippen molar-refractivity contribution in [3.05, 3.63) is 69.3 Å². The summed E-state index contributed by atoms with van der Waals surface area (Å²) < 4.78 is 0. The molecule has 1 amide bonds. The molecule has 7 nitrogen and oxygen atoms in total. The Hall–Kier alpha value is -3.13. The highest BCUT2D eigenvalue weighted by Gasteiger charge is 2.16. The number of carbonyl (C=O) groups excluding carboxylic acids is 1. The van der Waals surface area contributed by atoms with E-state index in [0.717, 1.165) is 11.1 Å². The van der Waals surface area contributed by atoms with Crippen molar-refractivity contribution in [2.24, 2.45) is 0 Å². The fourth-order valence-corrected chi connectivity index (χ4v) is 2.95. The van der Waals surface area contributed by atoms with Crippen molar-refractivity contribution in [2.75, 3.05) is 5.32 Å². The molecule has 126 valence electrons. The van der Waals surface area contributed by atoms with E-state index in [2.05, 4.69) is 15.5 Å². The molecule has 2 aromatic carbocycles. The summed E-state index contributed by atoms with van der Waals surface area (Å²) in [6.07, 6.45) is 0. The minimum atomic E-state index is -0.507. The molecule has 0 fully saturated rings. The Bertz CT molecular complexity index is 951. The van der Waals surface area contributed by atoms with Crippen LogP contribution in [0.1, 0.15) is 21.5 Å². The number of hydrogen-bond donors (Lipinski definition) is 1. The van der Waals surface area contributed by atoms with Crippen molar-refractivity contribution in [3.8, 4) is 10.6 Å². The van der Waals surface area contributed by atoms with Crippen LogP contribution in [0.15, 0.2) is 42.5 Å². The van der Waals surface area contributed by atoms with Crippen molar-refractivity contribution < 1.29 is 9.72 Å². The zero-order valence-corrected chi connectivity index (χ0v) is 14.3. The number of anilines is 1. The molecule has 0 bridgehead atoms. The van der Waals surface area contributed by atoms with Crippen molar-refractivity contribution in [2.45, 2.75) is 13.8 Å². The molecule has 0 atom stereocenters. The molecule has 0 aliphatic carbocycles. The van der Waals surface area contributed by atoms with Gasteiger partial charge in [0.2, 0.25) is 5.13 Å². The van der Waals surface area contributed by atoms with Gasteiger partial charge in [0.15, 0.2) is 0 Å². The van der Waals surface area contributed by atoms with Crippen LogP contribution in [-0.2, 0) is 0 Å². The highest BCUT2D eigenvalue weighted by atomic mass is 32.1. The lowest BCUT2D eigenvalue weighted by molar-refractivity contribution is -0.385. The molecule has 0 unspecified atom stereocenters. The van der Waals surface area contributed by atoms with Gasteiger partial charge in [0.25, 0.3) is 11.6 Å². The fraction of sp³-hybridized carbons (Fsp3) is 0.118. The zero-order valence-electron chi connectivity index (χ0n) is 13.5. The Balaban J connectivity index is 1.79. The normalized spacial score (nSPS) is 10.5. The van der Waals surface area contributed by atoms with E-state index in [0.29, 0.717) is 15.7 Å². The van der Waals surface area contributed by atoms with Gasteiger partial charge < -0.3 is 0 Å². The van der Waals surface area contributed by atoms with Gasteiger partial charge in [-0.3, -0.25) is 20.2 Å². The maximum atomic E-state index is 12.3. The van der Waals surface area contributed by atoms with Crippen LogP contribution in [0.5, 0.6) is 0 Å². The summed E-state index contributed by atoms with van der Waals surface area (Å²) in [7, 11) is 0. The van der Waals surface area contributed by atoms with E-state index in [-0.39, 0.29) is 11.3 Å². The van der Waals surface area contributed by atoms with Crippen LogP contribution in [0.3, 0.4) is 0 Å². The van der Waals surface area contributed by atoms with Crippen LogP contribution in [-0.4, -0.2) is 21.0 Å². The van der Waals surface area contributed by atoms with Crippen LogP contribution in [0.4, 0.5) is 10.8 Å². The van der Waals surface area contributed by atoms with E-state index >= 15 is 0 Å². The molecule has 1 aromatic heterocycles. The van der Waals surface area contributed by atoms with Gasteiger partial charge in [-0.15, -0.1) is 10.2 Å². The van der Waals surface area contributed by atoms with Crippen molar-refractivity contribution >= 4 is 28.1 Å². The van der Waals surface area contributed by atoms with Crippen LogP contribution < -0.4 is 5.32 Å². The number of rotatable bonds is 4. The smallest absolute Gasteiger partial charge is 0.273 e. The van der Waals surface area contributed by atoms with Gasteiger partial charge in [0, 0.05) is 22.8 Å². The van der Waals surface area contributed by atoms with Crippen LogP contribution in [0, 0.1) is 24.0 Å². The van der Waals surface area contributed by atoms with E-state index in [9.17, 15) is 14.9 Å². The Morgan fingerprint density at radius 2 is 1.84 bits per heavy atom. The minimum Gasteiger partial charge on any atom is -0.296 e. The van der Waals surface area contributed by atoms with Gasteiger partial charge in [0.05, 0.1) is 4.92 Å². The van der Waals surface area contributed by atoms with Gasteiger partial charge in [-0.05, 0) is 19.9 Å². The molecule has 8 heteroatoms. The molecule has 0 radical (unpaired) electrons. The molecule has 25 heavy (non-hydrogen) atoms. The van der Waals surface area contributed by atoms with E-state index in [1.807, 2.05) is 31.2 Å². The summed E-state index contributed by atoms with van der Waals surface area (Å²) in [5.41, 5.74) is 2.66. The number of nitro groups is 1. The highest BCUT2D eigenvalue weighted by molar-refractivity contribution is 7.18. The number of aromatic nitrogens is 2. The number of hydrogen-bond acceptors (Lipinski definition) is 6. The minimum absolute atomic E-state index is 0.0924. The van der Waals surface area contributed by atoms with Crippen molar-refractivity contribution in [1.29, 1.82) is 0 Å². The predicted molar refractivity (Wildman–Crippen MR) is 95.9 cm³/mol. The first-order chi connectivity index (χ1) is 11.9. The standard InChI is InChI=1S/C17H14N4O3S/c1-10-3-6-12(7-4-10)16-19-20-17(25-16)18-15(22)13-8-5-11(2)14(9-13)21(23)24/h3-9H,1-2H3,(H,18,20,22). The van der Waals surface area contributed by atoms with Gasteiger partial charge in [0.1, 0.15) is 5.01 Å². The fourth-order valence-electron chi connectivity index (χ4n) is 2.20. The molecule has 1 heterocycles. The Kier molecular flexibility index (Phi) is 4.53. The van der Waals surface area contributed by atoms with Gasteiger partial charge in [-0.25, -0.2) is 0 Å². The quantitative estimate of drug-likeness (QED) is 0.564. The number of aryl methyl sites for hydroxylation is 2. The molecule has 0 spiro atoms. The van der Waals surface area contributed by atoms with Crippen LogP contribution in [0.2, 0.25) is 0 Å². The second-order valence-corrected chi connectivity index (χ2v) is 6.47. The molecule has 3 aromatic rings. The third kappa shape index (κ3) is 3.69. The Labute approximate surface area is 147 Å². The molecule has 3 rings (SSSR count). The van der Waals surface area contributed by atoms with Gasteiger partial charge in [-0.2, -0.15) is 0 Å². The highest BCUT2D eigenvalue weighted by Crippen LogP contribution is 2.27. The van der Waals surface area contributed by atoms with Gasteiger partial charge in [-0.1, -0.05) is 47.2 Å². The first-order valence-corrected chi connectivity index (χ1v) is 8.22. The largest absolute Gasteiger partial charge is 0.296 e. The average molecular weight is 354 g/mol. The van der Waals surface area contributed by atoms with E-state index in [4.69, 9.17) is 0 Å². The summed E-state index contributed by atoms with van der Waals surface area (Å²) in [4.78, 5) is 22.8. The third-order valence-corrected chi connectivity index (χ3v) is 4.50. The average Bonchev–Trinajstić information content (AvgIpc) is 3.04. The monoisotopic (exact) mass is 354 g/mol. The number of nitro benzene ring substituents is 1. The van der Waals surface area contributed by atoms with E-state index < -0.39 is 10.8 Å². The number of nitrogens with zero attached hydrogens (tertiary/aromatic N) is 3. The first kappa shape index (κ1) is 16.7. The zero-order chi connectivity index (χ0) is 18.0. The van der Waals surface area contributed by atoms with Crippen LogP contribution in [0.25, 0.3) is 10.6 Å². The second kappa shape index (κ2) is 6.78. The Morgan fingerprint density at radius 3 is 2.52 bits per heavy atom. The van der Waals surface area contributed by atoms with Gasteiger partial charge >= 0.3 is 0 Å². The van der Waals surface area contributed by atoms with Crippen molar-refractivity contribution in [3.63, 3.8) is 0 Å². The predicted octanol–water partition coefficient (Wildman–Crippen LogP) is 3.98. The summed E-state index contributed by atoms with van der Waals surface area (Å²) in [5.74, 6) is -0.463. The summed E-state index contributed by atoms with van der Waals surface area (Å²) >= 11 is 1.24. The third-order valence-electron chi connectivity index (χ3n) is 3.61. The maximum absolute atomic E-state index is 12.3. The lowest BCUT2D eigenvalue weighted by atomic mass is 10.1. The summed E-state index contributed by atoms with van der Waals surface area (Å²) in [6.45, 7) is 3.62. The number of carbonyl (C=O) groups is 1. The molecule has 0 saturated heterocycles. The molecular formula is C17H14N4O3S. The molecule has 0 aliphatic rings. The Morgan fingerprint density at radius 1 is 1.12 bits per heavy atom.